The van der Waals surface area contributed by atoms with Gasteiger partial charge in [0.25, 0.3) is 0 Å². The molecule has 1 aliphatic heterocycles. The molecule has 1 fully saturated rings. The zero-order valence-corrected chi connectivity index (χ0v) is 16.2. The van der Waals surface area contributed by atoms with Gasteiger partial charge in [-0.05, 0) is 31.4 Å². The largest absolute Gasteiger partial charge is 0.479 e. The second kappa shape index (κ2) is 8.03. The highest BCUT2D eigenvalue weighted by Crippen LogP contribution is 2.37. The van der Waals surface area contributed by atoms with Gasteiger partial charge in [0.15, 0.2) is 6.10 Å². The molecule has 2 rings (SSSR count). The molecule has 6 nitrogen and oxygen atoms in total. The normalized spacial score (nSPS) is 23.5. The average molecular weight is 389 g/mol. The summed E-state index contributed by atoms with van der Waals surface area (Å²) in [5.74, 6) is -2.56. The van der Waals surface area contributed by atoms with Crippen LogP contribution in [0.4, 0.5) is 0 Å². The summed E-state index contributed by atoms with van der Waals surface area (Å²) in [7, 11) is 0. The number of hydrogen-bond donors (Lipinski definition) is 3. The van der Waals surface area contributed by atoms with Gasteiger partial charge in [-0.3, -0.25) is 4.79 Å². The van der Waals surface area contributed by atoms with Gasteiger partial charge in [0.05, 0.1) is 15.8 Å². The molecule has 140 valence electrons. The van der Waals surface area contributed by atoms with Crippen LogP contribution in [-0.2, 0) is 15.1 Å². The lowest BCUT2D eigenvalue weighted by Crippen LogP contribution is -2.61. The smallest absolute Gasteiger partial charge is 0.333 e. The summed E-state index contributed by atoms with van der Waals surface area (Å²) in [5, 5.41) is 22.6. The molecule has 0 aromatic carbocycles. The zero-order valence-electron chi connectivity index (χ0n) is 14.7. The van der Waals surface area contributed by atoms with Crippen LogP contribution < -0.4 is 5.32 Å². The van der Waals surface area contributed by atoms with Crippen molar-refractivity contribution in [3.8, 4) is 0 Å². The molecule has 25 heavy (non-hydrogen) atoms. The Balaban J connectivity index is 2.36. The number of rotatable bonds is 6. The third-order valence-electron chi connectivity index (χ3n) is 4.62. The van der Waals surface area contributed by atoms with Crippen molar-refractivity contribution >= 4 is 34.8 Å². The van der Waals surface area contributed by atoms with E-state index in [1.165, 1.54) is 11.3 Å². The number of aliphatic hydroxyl groups excluding tert-OH is 1. The molecular weight excluding hydrogens is 364 g/mol. The number of aliphatic hydroxyl groups is 1. The third-order valence-corrected chi connectivity index (χ3v) is 6.11. The summed E-state index contributed by atoms with van der Waals surface area (Å²) >= 11 is 7.48. The standard InChI is InChI=1S/C17H25ClN2O4S/c1-10(2)8-11(14(21)16(23)24)15(22)20-7-6-19-9-17(20,3)12-4-5-13(18)25-12/h4-5,10-11,14,19,21H,6-9H2,1-3H3,(H,23,24)/t11-,14-,17+/m0/s1. The minimum atomic E-state index is -1.71. The van der Waals surface area contributed by atoms with Crippen molar-refractivity contribution in [3.63, 3.8) is 0 Å². The number of nitrogens with zero attached hydrogens (tertiary/aromatic N) is 1. The van der Waals surface area contributed by atoms with Gasteiger partial charge in [-0.2, -0.15) is 0 Å². The van der Waals surface area contributed by atoms with E-state index in [9.17, 15) is 19.8 Å². The van der Waals surface area contributed by atoms with Crippen LogP contribution in [0.25, 0.3) is 0 Å². The molecule has 3 atom stereocenters. The van der Waals surface area contributed by atoms with E-state index in [0.717, 1.165) is 4.88 Å². The van der Waals surface area contributed by atoms with Gasteiger partial charge >= 0.3 is 5.97 Å². The Morgan fingerprint density at radius 2 is 2.12 bits per heavy atom. The van der Waals surface area contributed by atoms with E-state index in [4.69, 9.17) is 11.6 Å². The van der Waals surface area contributed by atoms with E-state index in [1.807, 2.05) is 26.8 Å². The molecule has 0 saturated carbocycles. The van der Waals surface area contributed by atoms with Crippen molar-refractivity contribution in [2.24, 2.45) is 11.8 Å². The summed E-state index contributed by atoms with van der Waals surface area (Å²) in [6, 6.07) is 3.69. The van der Waals surface area contributed by atoms with Crippen molar-refractivity contribution in [1.29, 1.82) is 0 Å². The lowest BCUT2D eigenvalue weighted by molar-refractivity contribution is -0.160. The molecule has 0 unspecified atom stereocenters. The minimum Gasteiger partial charge on any atom is -0.479 e. The Labute approximate surface area is 156 Å². The maximum Gasteiger partial charge on any atom is 0.333 e. The highest BCUT2D eigenvalue weighted by Gasteiger charge is 2.44. The number of thiophene rings is 1. The lowest BCUT2D eigenvalue weighted by atomic mass is 9.87. The molecule has 1 amide bonds. The van der Waals surface area contributed by atoms with Gasteiger partial charge in [-0.15, -0.1) is 11.3 Å². The second-order valence-electron chi connectivity index (χ2n) is 7.06. The number of carbonyl (C=O) groups excluding carboxylic acids is 1. The molecule has 8 heteroatoms. The first-order chi connectivity index (χ1) is 11.7. The summed E-state index contributed by atoms with van der Waals surface area (Å²) in [6.45, 7) is 7.38. The third kappa shape index (κ3) is 4.34. The molecule has 0 spiro atoms. The van der Waals surface area contributed by atoms with Gasteiger partial charge in [-0.1, -0.05) is 25.4 Å². The molecule has 3 N–H and O–H groups in total. The van der Waals surface area contributed by atoms with Crippen LogP contribution in [0.3, 0.4) is 0 Å². The minimum absolute atomic E-state index is 0.0910. The molecule has 0 bridgehead atoms. The van der Waals surface area contributed by atoms with Crippen LogP contribution in [0, 0.1) is 11.8 Å². The Bertz CT molecular complexity index is 636. The van der Waals surface area contributed by atoms with Crippen LogP contribution >= 0.6 is 22.9 Å². The fourth-order valence-corrected chi connectivity index (χ4v) is 4.48. The van der Waals surface area contributed by atoms with Gasteiger partial charge in [0.2, 0.25) is 5.91 Å². The van der Waals surface area contributed by atoms with Crippen LogP contribution in [-0.4, -0.2) is 52.7 Å². The topological polar surface area (TPSA) is 89.9 Å². The Hall–Kier alpha value is -1.15. The Morgan fingerprint density at radius 1 is 1.44 bits per heavy atom. The van der Waals surface area contributed by atoms with Crippen molar-refractivity contribution in [3.05, 3.63) is 21.3 Å². The first-order valence-electron chi connectivity index (χ1n) is 8.35. The molecule has 1 aliphatic rings. The summed E-state index contributed by atoms with van der Waals surface area (Å²) in [5.41, 5.74) is -0.624. The predicted octanol–water partition coefficient (Wildman–Crippen LogP) is 2.16. The van der Waals surface area contributed by atoms with Crippen molar-refractivity contribution < 1.29 is 19.8 Å². The quantitative estimate of drug-likeness (QED) is 0.694. The second-order valence-corrected chi connectivity index (χ2v) is 8.78. The number of amides is 1. The zero-order chi connectivity index (χ0) is 18.8. The van der Waals surface area contributed by atoms with Crippen molar-refractivity contribution in [2.75, 3.05) is 19.6 Å². The molecule has 1 aromatic rings. The predicted molar refractivity (Wildman–Crippen MR) is 97.9 cm³/mol. The van der Waals surface area contributed by atoms with Gasteiger partial charge in [0, 0.05) is 24.5 Å². The summed E-state index contributed by atoms with van der Waals surface area (Å²) < 4.78 is 0.637. The average Bonchev–Trinajstić information content (AvgIpc) is 2.98. The first kappa shape index (κ1) is 20.2. The maximum atomic E-state index is 13.2. The number of nitrogens with one attached hydrogen (secondary N) is 1. The number of carboxylic acid groups (broad SMARTS) is 1. The van der Waals surface area contributed by atoms with E-state index in [1.54, 1.807) is 11.0 Å². The SMILES string of the molecule is CC(C)C[C@H](C(=O)N1CCNC[C@]1(C)c1ccc(Cl)s1)[C@H](O)C(=O)O. The molecule has 1 aromatic heterocycles. The maximum absolute atomic E-state index is 13.2. The molecule has 2 heterocycles. The fourth-order valence-electron chi connectivity index (χ4n) is 3.29. The van der Waals surface area contributed by atoms with Crippen molar-refractivity contribution in [2.45, 2.75) is 38.8 Å². The van der Waals surface area contributed by atoms with Crippen LogP contribution in [0.1, 0.15) is 32.1 Å². The number of hydrogen-bond acceptors (Lipinski definition) is 5. The summed E-state index contributed by atoms with van der Waals surface area (Å²) in [4.78, 5) is 27.2. The lowest BCUT2D eigenvalue weighted by Gasteiger charge is -2.46. The highest BCUT2D eigenvalue weighted by molar-refractivity contribution is 7.16. The monoisotopic (exact) mass is 388 g/mol. The Morgan fingerprint density at radius 3 is 2.64 bits per heavy atom. The van der Waals surface area contributed by atoms with E-state index < -0.39 is 23.5 Å². The van der Waals surface area contributed by atoms with Crippen molar-refractivity contribution in [1.82, 2.24) is 10.2 Å². The number of carbonyl (C=O) groups is 2. The van der Waals surface area contributed by atoms with E-state index in [0.29, 0.717) is 30.4 Å². The fraction of sp³-hybridized carbons (Fsp3) is 0.647. The van der Waals surface area contributed by atoms with Crippen LogP contribution in [0.2, 0.25) is 4.34 Å². The highest BCUT2D eigenvalue weighted by atomic mass is 35.5. The Kier molecular flexibility index (Phi) is 6.48. The summed E-state index contributed by atoms with van der Waals surface area (Å²) in [6.07, 6.45) is -1.39. The molecule has 0 aliphatic carbocycles. The number of piperazine rings is 1. The van der Waals surface area contributed by atoms with Gasteiger partial charge in [0.1, 0.15) is 0 Å². The van der Waals surface area contributed by atoms with E-state index >= 15 is 0 Å². The molecule has 0 radical (unpaired) electrons. The van der Waals surface area contributed by atoms with Crippen LogP contribution in [0.15, 0.2) is 12.1 Å². The first-order valence-corrected chi connectivity index (χ1v) is 9.55. The van der Waals surface area contributed by atoms with E-state index in [-0.39, 0.29) is 11.8 Å². The number of carboxylic acids is 1. The number of aliphatic carboxylic acids is 1. The van der Waals surface area contributed by atoms with Gasteiger partial charge < -0.3 is 20.4 Å². The van der Waals surface area contributed by atoms with E-state index in [2.05, 4.69) is 5.32 Å². The molecular formula is C17H25ClN2O4S. The van der Waals surface area contributed by atoms with Gasteiger partial charge in [-0.25, -0.2) is 4.79 Å². The number of halogens is 1. The van der Waals surface area contributed by atoms with Crippen LogP contribution in [0.5, 0.6) is 0 Å². The molecule has 1 saturated heterocycles.